The van der Waals surface area contributed by atoms with Crippen LogP contribution in [0.1, 0.15) is 58.3 Å². The summed E-state index contributed by atoms with van der Waals surface area (Å²) in [6, 6.07) is 6.26. The monoisotopic (exact) mass is 786 g/mol. The molecule has 11 nitrogen and oxygen atoms in total. The van der Waals surface area contributed by atoms with Gasteiger partial charge in [0.05, 0.1) is 11.3 Å². The van der Waals surface area contributed by atoms with E-state index >= 15 is 0 Å². The molecule has 0 aliphatic carbocycles. The first kappa shape index (κ1) is 35.0. The molecule has 2 fully saturated rings. The van der Waals surface area contributed by atoms with Gasteiger partial charge in [0.2, 0.25) is 5.91 Å². The van der Waals surface area contributed by atoms with Gasteiger partial charge in [0.15, 0.2) is 5.78 Å². The standard InChI is InChI=1S/C21H23N6O5S.C6H15P.Au/c1-21(2)16(19(30)31)27-17(29)13(18(27)33-21)8-14(28)15(11-6-4-3-5-7-11)24-20(32)22-9-12-10-23-26-25-12;1-4-7(5-2)6-3;/h3-7,13,15-16,18H,8-9H2,1-2H3,(H,30,31)(H2,22,24,32)(H,23,25,26);4-6H2,1-3H3;/q-1;;+1/t13-,15-,16+,18-;;/m1../s1. The zero-order valence-corrected chi connectivity index (χ0v) is 27.7. The first-order valence-corrected chi connectivity index (χ1v) is 16.2. The van der Waals surface area contributed by atoms with E-state index in [9.17, 15) is 24.3 Å². The number of β-lactam (4-membered cyclic amide) rings is 1. The summed E-state index contributed by atoms with van der Waals surface area (Å²) in [5.74, 6) is -2.37. The van der Waals surface area contributed by atoms with E-state index in [4.69, 9.17) is 0 Å². The van der Waals surface area contributed by atoms with Crippen LogP contribution in [0, 0.1) is 12.1 Å². The molecule has 4 atom stereocenters. The Kier molecular flexibility index (Phi) is 13.5. The molecule has 4 rings (SSSR count). The molecule has 228 valence electrons. The summed E-state index contributed by atoms with van der Waals surface area (Å²) in [5, 5.41) is 24.1. The van der Waals surface area contributed by atoms with Crippen LogP contribution in [-0.4, -0.2) is 83.8 Å². The Balaban J connectivity index is 0.000000655. The van der Waals surface area contributed by atoms with Gasteiger partial charge in [-0.15, -0.1) is 30.6 Å². The fraction of sp³-hybridized carbons (Fsp3) is 0.556. The second-order valence-corrected chi connectivity index (χ2v) is 15.1. The van der Waals surface area contributed by atoms with Crippen LogP contribution in [0.4, 0.5) is 4.79 Å². The van der Waals surface area contributed by atoms with Crippen LogP contribution >= 0.6 is 19.7 Å². The van der Waals surface area contributed by atoms with Crippen molar-refractivity contribution in [1.82, 2.24) is 30.9 Å². The summed E-state index contributed by atoms with van der Waals surface area (Å²) in [5.41, 5.74) is 1.06. The Labute approximate surface area is 262 Å². The number of carboxylic acid groups (broad SMARTS) is 1. The zero-order chi connectivity index (χ0) is 29.4. The number of fused-ring (bicyclic) bond motifs is 1. The van der Waals surface area contributed by atoms with Gasteiger partial charge in [0.25, 0.3) is 0 Å². The molecule has 0 spiro atoms. The summed E-state index contributed by atoms with van der Waals surface area (Å²) in [7, 11) is 0.446. The predicted molar refractivity (Wildman–Crippen MR) is 155 cm³/mol. The van der Waals surface area contributed by atoms with Crippen LogP contribution in [0.25, 0.3) is 0 Å². The van der Waals surface area contributed by atoms with Gasteiger partial charge in [-0.2, -0.15) is 0 Å². The summed E-state index contributed by atoms with van der Waals surface area (Å²) in [6.07, 6.45) is 6.73. The number of Topliss-reactive ketones (excluding diaryl/α,β-unsaturated/α-hetero) is 1. The summed E-state index contributed by atoms with van der Waals surface area (Å²) < 4.78 is -0.667. The van der Waals surface area contributed by atoms with Gasteiger partial charge in [0, 0.05) is 17.7 Å². The molecule has 0 radical (unpaired) electrons. The number of amides is 3. The molecule has 2 saturated heterocycles. The Morgan fingerprint density at radius 2 is 1.80 bits per heavy atom. The van der Waals surface area contributed by atoms with Crippen molar-refractivity contribution in [2.75, 3.05) is 18.5 Å². The van der Waals surface area contributed by atoms with E-state index in [1.54, 1.807) is 44.2 Å². The van der Waals surface area contributed by atoms with E-state index in [-0.39, 0.29) is 52.4 Å². The average molecular weight is 787 g/mol. The maximum atomic E-state index is 13.3. The summed E-state index contributed by atoms with van der Waals surface area (Å²) in [6.45, 7) is 10.5. The number of H-pyrrole nitrogens is 1. The van der Waals surface area contributed by atoms with Crippen molar-refractivity contribution in [2.45, 2.75) is 69.8 Å². The Morgan fingerprint density at radius 1 is 1.17 bits per heavy atom. The van der Waals surface area contributed by atoms with Crippen LogP contribution in [0.5, 0.6) is 0 Å². The number of carbonyl (C=O) groups excluding carboxylic acids is 3. The fourth-order valence-corrected chi connectivity index (χ4v) is 7.93. The molecule has 0 saturated carbocycles. The largest absolute Gasteiger partial charge is 1.00 e. The topological polar surface area (TPSA) is 157 Å². The molecule has 1 aromatic heterocycles. The predicted octanol–water partition coefficient (Wildman–Crippen LogP) is 3.39. The molecule has 2 aliphatic rings. The van der Waals surface area contributed by atoms with Crippen molar-refractivity contribution < 1.29 is 46.7 Å². The number of thioether (sulfide) groups is 1. The van der Waals surface area contributed by atoms with Crippen molar-refractivity contribution in [3.05, 3.63) is 47.8 Å². The number of hydrogen-bond donors (Lipinski definition) is 4. The van der Waals surface area contributed by atoms with Gasteiger partial charge >= 0.3 is 34.4 Å². The van der Waals surface area contributed by atoms with Crippen LogP contribution < -0.4 is 10.6 Å². The first-order chi connectivity index (χ1) is 19.0. The number of benzene rings is 1. The number of rotatable bonds is 11. The van der Waals surface area contributed by atoms with E-state index in [2.05, 4.69) is 53.0 Å². The average Bonchev–Trinajstić information content (AvgIpc) is 3.55. The zero-order valence-electron chi connectivity index (χ0n) is 23.8. The van der Waals surface area contributed by atoms with Gasteiger partial charge in [0.1, 0.15) is 12.1 Å². The number of aliphatic carboxylic acids is 1. The van der Waals surface area contributed by atoms with E-state index in [1.165, 1.54) is 35.1 Å². The fourth-order valence-electron chi connectivity index (χ4n) is 4.90. The van der Waals surface area contributed by atoms with E-state index in [0.717, 1.165) is 0 Å². The Hall–Kier alpha value is -2.24. The number of nitrogens with zero attached hydrogens (tertiary/aromatic N) is 3. The SMILES string of the molecule is CC1(C)S[C@@H]2[C@H](CC(=O)[C@H](NC(=O)NCc3[c-]nn[nH]3)c3ccccc3)C(=O)N2[C@H]1C(=O)O.CCP(CC)CC.[Au+]. The maximum absolute atomic E-state index is 13.3. The summed E-state index contributed by atoms with van der Waals surface area (Å²) >= 11 is 1.39. The summed E-state index contributed by atoms with van der Waals surface area (Å²) in [4.78, 5) is 51.5. The molecule has 3 amide bonds. The Morgan fingerprint density at radius 3 is 2.32 bits per heavy atom. The first-order valence-electron chi connectivity index (χ1n) is 13.4. The molecule has 1 aromatic carbocycles. The number of aromatic amines is 1. The van der Waals surface area contributed by atoms with Crippen LogP contribution in [0.3, 0.4) is 0 Å². The number of hydrogen-bond acceptors (Lipinski definition) is 7. The number of nitrogens with one attached hydrogen (secondary N) is 3. The molecular weight excluding hydrogens is 748 g/mol. The molecule has 14 heteroatoms. The third-order valence-electron chi connectivity index (χ3n) is 7.12. The molecule has 3 heterocycles. The number of urea groups is 1. The molecule has 0 bridgehead atoms. The Bertz CT molecular complexity index is 1160. The van der Waals surface area contributed by atoms with Crippen LogP contribution in [0.15, 0.2) is 30.3 Å². The molecule has 4 N–H and O–H groups in total. The minimum absolute atomic E-state index is 0. The van der Waals surface area contributed by atoms with Gasteiger partial charge in [-0.3, -0.25) is 14.7 Å². The smallest absolute Gasteiger partial charge is 0.480 e. The van der Waals surface area contributed by atoms with Crippen molar-refractivity contribution in [2.24, 2.45) is 5.92 Å². The van der Waals surface area contributed by atoms with Gasteiger partial charge in [-0.05, 0) is 37.9 Å². The number of carboxylic acids is 1. The van der Waals surface area contributed by atoms with E-state index in [1.807, 2.05) is 0 Å². The van der Waals surface area contributed by atoms with E-state index in [0.29, 0.717) is 19.2 Å². The number of ketones is 1. The van der Waals surface area contributed by atoms with Crippen molar-refractivity contribution in [3.63, 3.8) is 0 Å². The number of carbonyl (C=O) groups is 4. The third kappa shape index (κ3) is 8.64. The minimum Gasteiger partial charge on any atom is -0.480 e. The molecule has 0 unspecified atom stereocenters. The second-order valence-electron chi connectivity index (χ2n) is 10.1. The van der Waals surface area contributed by atoms with Gasteiger partial charge < -0.3 is 31.9 Å². The van der Waals surface area contributed by atoms with Crippen LogP contribution in [0.2, 0.25) is 0 Å². The quantitative estimate of drug-likeness (QED) is 0.117. The van der Waals surface area contributed by atoms with Crippen LogP contribution in [-0.2, 0) is 43.3 Å². The maximum Gasteiger partial charge on any atom is 1.00 e. The van der Waals surface area contributed by atoms with Crippen molar-refractivity contribution in [1.29, 1.82) is 0 Å². The number of aromatic nitrogens is 3. The molecular formula is C27H38AuN6O5PS. The van der Waals surface area contributed by atoms with Gasteiger partial charge in [-0.1, -0.05) is 51.1 Å². The third-order valence-corrected chi connectivity index (χ3v) is 11.4. The molecule has 2 aliphatic heterocycles. The van der Waals surface area contributed by atoms with Gasteiger partial charge in [-0.25, -0.2) is 9.59 Å². The normalized spacial score (nSPS) is 21.0. The molecule has 2 aromatic rings. The van der Waals surface area contributed by atoms with Crippen molar-refractivity contribution in [3.8, 4) is 0 Å². The second kappa shape index (κ2) is 15.8. The molecule has 41 heavy (non-hydrogen) atoms. The van der Waals surface area contributed by atoms with Crippen molar-refractivity contribution >= 4 is 43.4 Å². The minimum atomic E-state index is -1.06. The van der Waals surface area contributed by atoms with E-state index < -0.39 is 34.7 Å².